The van der Waals surface area contributed by atoms with Crippen LogP contribution in [-0.2, 0) is 11.3 Å². The molecular formula is C18H17ClFNO2. The van der Waals surface area contributed by atoms with Gasteiger partial charge >= 0.3 is 0 Å². The third-order valence-corrected chi connectivity index (χ3v) is 3.98. The zero-order valence-electron chi connectivity index (χ0n) is 12.5. The van der Waals surface area contributed by atoms with E-state index in [1.54, 1.807) is 35.2 Å². The number of benzene rings is 2. The average molecular weight is 334 g/mol. The van der Waals surface area contributed by atoms with Gasteiger partial charge in [-0.25, -0.2) is 4.39 Å². The van der Waals surface area contributed by atoms with E-state index >= 15 is 0 Å². The minimum absolute atomic E-state index is 0.0343. The van der Waals surface area contributed by atoms with Gasteiger partial charge in [-0.1, -0.05) is 23.7 Å². The van der Waals surface area contributed by atoms with E-state index in [-0.39, 0.29) is 24.4 Å². The van der Waals surface area contributed by atoms with Crippen LogP contribution < -0.4 is 4.74 Å². The largest absolute Gasteiger partial charge is 0.484 e. The summed E-state index contributed by atoms with van der Waals surface area (Å²) in [6.45, 7) is 0.374. The number of ether oxygens (including phenoxy) is 1. The van der Waals surface area contributed by atoms with Crippen LogP contribution in [0.25, 0.3) is 0 Å². The van der Waals surface area contributed by atoms with Crippen LogP contribution in [0.2, 0.25) is 5.02 Å². The highest BCUT2D eigenvalue weighted by atomic mass is 35.5. The number of carbonyl (C=O) groups excluding carboxylic acids is 1. The Balaban J connectivity index is 1.61. The first-order chi connectivity index (χ1) is 11.1. The molecule has 2 aromatic carbocycles. The Labute approximate surface area is 139 Å². The van der Waals surface area contributed by atoms with Crippen molar-refractivity contribution in [3.05, 3.63) is 64.9 Å². The van der Waals surface area contributed by atoms with Crippen molar-refractivity contribution in [1.82, 2.24) is 4.90 Å². The lowest BCUT2D eigenvalue weighted by atomic mass is 10.2. The third-order valence-electron chi connectivity index (χ3n) is 3.73. The number of amides is 1. The molecule has 1 amide bonds. The van der Waals surface area contributed by atoms with Crippen molar-refractivity contribution in [2.45, 2.75) is 25.4 Å². The normalized spacial score (nSPS) is 13.7. The first-order valence-corrected chi connectivity index (χ1v) is 7.92. The number of halogens is 2. The highest BCUT2D eigenvalue weighted by molar-refractivity contribution is 6.30. The van der Waals surface area contributed by atoms with E-state index in [1.165, 1.54) is 12.1 Å². The molecule has 5 heteroatoms. The van der Waals surface area contributed by atoms with Gasteiger partial charge < -0.3 is 9.64 Å². The number of hydrogen-bond acceptors (Lipinski definition) is 2. The Morgan fingerprint density at radius 2 is 1.96 bits per heavy atom. The van der Waals surface area contributed by atoms with Gasteiger partial charge in [0, 0.05) is 17.6 Å². The van der Waals surface area contributed by atoms with E-state index in [0.29, 0.717) is 17.3 Å². The zero-order chi connectivity index (χ0) is 16.2. The summed E-state index contributed by atoms with van der Waals surface area (Å²) in [6.07, 6.45) is 1.98. The fourth-order valence-electron chi connectivity index (χ4n) is 2.40. The molecule has 3 rings (SSSR count). The molecule has 1 aliphatic carbocycles. The van der Waals surface area contributed by atoms with Crippen LogP contribution in [-0.4, -0.2) is 23.5 Å². The van der Waals surface area contributed by atoms with Crippen molar-refractivity contribution in [1.29, 1.82) is 0 Å². The molecule has 0 spiro atoms. The molecule has 0 heterocycles. The molecule has 1 saturated carbocycles. The molecule has 0 aromatic heterocycles. The van der Waals surface area contributed by atoms with Gasteiger partial charge in [0.15, 0.2) is 6.61 Å². The van der Waals surface area contributed by atoms with Crippen LogP contribution in [0.3, 0.4) is 0 Å². The lowest BCUT2D eigenvalue weighted by Gasteiger charge is -2.22. The molecule has 2 aromatic rings. The smallest absolute Gasteiger partial charge is 0.261 e. The monoisotopic (exact) mass is 333 g/mol. The van der Waals surface area contributed by atoms with Crippen LogP contribution in [0.15, 0.2) is 48.5 Å². The molecule has 3 nitrogen and oxygen atoms in total. The van der Waals surface area contributed by atoms with Crippen LogP contribution in [0.5, 0.6) is 5.75 Å². The summed E-state index contributed by atoms with van der Waals surface area (Å²) >= 11 is 5.82. The summed E-state index contributed by atoms with van der Waals surface area (Å²) in [5.74, 6) is 0.221. The molecule has 0 bridgehead atoms. The van der Waals surface area contributed by atoms with Crippen LogP contribution in [0.1, 0.15) is 18.4 Å². The van der Waals surface area contributed by atoms with E-state index in [0.717, 1.165) is 18.4 Å². The van der Waals surface area contributed by atoms with Crippen LogP contribution >= 0.6 is 11.6 Å². The summed E-state index contributed by atoms with van der Waals surface area (Å²) in [7, 11) is 0. The van der Waals surface area contributed by atoms with Crippen LogP contribution in [0, 0.1) is 5.82 Å². The number of hydrogen-bond donors (Lipinski definition) is 0. The van der Waals surface area contributed by atoms with Gasteiger partial charge in [0.1, 0.15) is 11.6 Å². The molecule has 0 N–H and O–H groups in total. The Hall–Kier alpha value is -2.07. The Kier molecular flexibility index (Phi) is 4.82. The maximum Gasteiger partial charge on any atom is 0.261 e. The number of carbonyl (C=O) groups is 1. The first kappa shape index (κ1) is 15.8. The van der Waals surface area contributed by atoms with E-state index in [1.807, 2.05) is 6.07 Å². The Morgan fingerprint density at radius 1 is 1.22 bits per heavy atom. The standard InChI is InChI=1S/C18H17ClFNO2/c19-14-4-8-17(9-5-14)23-12-18(22)21(16-6-7-16)11-13-2-1-3-15(20)10-13/h1-5,8-10,16H,6-7,11-12H2. The third kappa shape index (κ3) is 4.45. The highest BCUT2D eigenvalue weighted by Crippen LogP contribution is 2.28. The van der Waals surface area contributed by atoms with Crippen LogP contribution in [0.4, 0.5) is 4.39 Å². The topological polar surface area (TPSA) is 29.5 Å². The maximum absolute atomic E-state index is 13.3. The predicted molar refractivity (Wildman–Crippen MR) is 86.9 cm³/mol. The lowest BCUT2D eigenvalue weighted by Crippen LogP contribution is -2.36. The molecule has 0 unspecified atom stereocenters. The zero-order valence-corrected chi connectivity index (χ0v) is 13.3. The molecule has 23 heavy (non-hydrogen) atoms. The summed E-state index contributed by atoms with van der Waals surface area (Å²) in [4.78, 5) is 14.2. The summed E-state index contributed by atoms with van der Waals surface area (Å²) in [5, 5.41) is 0.620. The van der Waals surface area contributed by atoms with Gasteiger partial charge in [-0.05, 0) is 54.8 Å². The van der Waals surface area contributed by atoms with Crippen molar-refractivity contribution in [2.75, 3.05) is 6.61 Å². The van der Waals surface area contributed by atoms with Gasteiger partial charge in [-0.15, -0.1) is 0 Å². The van der Waals surface area contributed by atoms with Crippen molar-refractivity contribution in [3.8, 4) is 5.75 Å². The first-order valence-electron chi connectivity index (χ1n) is 7.54. The molecule has 0 radical (unpaired) electrons. The van der Waals surface area contributed by atoms with Crippen molar-refractivity contribution in [3.63, 3.8) is 0 Å². The summed E-state index contributed by atoms with van der Waals surface area (Å²) < 4.78 is 18.8. The van der Waals surface area contributed by atoms with Crippen molar-refractivity contribution in [2.24, 2.45) is 0 Å². The number of rotatable bonds is 6. The molecule has 120 valence electrons. The van der Waals surface area contributed by atoms with Gasteiger partial charge in [0.2, 0.25) is 0 Å². The number of nitrogens with zero attached hydrogens (tertiary/aromatic N) is 1. The van der Waals surface area contributed by atoms with Crippen molar-refractivity contribution >= 4 is 17.5 Å². The molecule has 1 fully saturated rings. The molecule has 0 saturated heterocycles. The van der Waals surface area contributed by atoms with Gasteiger partial charge in [-0.2, -0.15) is 0 Å². The average Bonchev–Trinajstić information content (AvgIpc) is 3.36. The highest BCUT2D eigenvalue weighted by Gasteiger charge is 2.32. The second-order valence-corrected chi connectivity index (χ2v) is 6.06. The summed E-state index contributed by atoms with van der Waals surface area (Å²) in [6, 6.07) is 13.5. The SMILES string of the molecule is O=C(COc1ccc(Cl)cc1)N(Cc1cccc(F)c1)C1CC1. The second-order valence-electron chi connectivity index (χ2n) is 5.63. The minimum Gasteiger partial charge on any atom is -0.484 e. The maximum atomic E-state index is 13.3. The molecular weight excluding hydrogens is 317 g/mol. The summed E-state index contributed by atoms with van der Waals surface area (Å²) in [5.41, 5.74) is 0.789. The van der Waals surface area contributed by atoms with Gasteiger partial charge in [0.05, 0.1) is 0 Å². The van der Waals surface area contributed by atoms with E-state index in [2.05, 4.69) is 0 Å². The fourth-order valence-corrected chi connectivity index (χ4v) is 2.52. The Bertz CT molecular complexity index is 686. The van der Waals surface area contributed by atoms with Gasteiger partial charge in [-0.3, -0.25) is 4.79 Å². The van der Waals surface area contributed by atoms with Crippen molar-refractivity contribution < 1.29 is 13.9 Å². The van der Waals surface area contributed by atoms with E-state index in [4.69, 9.17) is 16.3 Å². The Morgan fingerprint density at radius 3 is 2.61 bits per heavy atom. The van der Waals surface area contributed by atoms with E-state index < -0.39 is 0 Å². The fraction of sp³-hybridized carbons (Fsp3) is 0.278. The molecule has 0 aliphatic heterocycles. The quantitative estimate of drug-likeness (QED) is 0.798. The molecule has 1 aliphatic rings. The van der Waals surface area contributed by atoms with Gasteiger partial charge in [0.25, 0.3) is 5.91 Å². The lowest BCUT2D eigenvalue weighted by molar-refractivity contribution is -0.134. The van der Waals surface area contributed by atoms with E-state index in [9.17, 15) is 9.18 Å². The second kappa shape index (κ2) is 7.01. The molecule has 0 atom stereocenters. The predicted octanol–water partition coefficient (Wildman–Crippen LogP) is 4.05. The minimum atomic E-state index is -0.289.